The van der Waals surface area contributed by atoms with Crippen LogP contribution in [0.2, 0.25) is 0 Å². The molecule has 1 fully saturated rings. The molecule has 7 nitrogen and oxygen atoms in total. The van der Waals surface area contributed by atoms with Gasteiger partial charge in [0, 0.05) is 38.4 Å². The molecule has 0 bridgehead atoms. The van der Waals surface area contributed by atoms with Gasteiger partial charge in [-0.05, 0) is 24.1 Å². The average Bonchev–Trinajstić information content (AvgIpc) is 2.60. The van der Waals surface area contributed by atoms with Crippen molar-refractivity contribution in [1.29, 1.82) is 0 Å². The second-order valence-electron chi connectivity index (χ2n) is 6.24. The Labute approximate surface area is 142 Å². The largest absolute Gasteiger partial charge is 0.495 e. The van der Waals surface area contributed by atoms with E-state index in [1.54, 1.807) is 12.0 Å². The second kappa shape index (κ2) is 8.42. The van der Waals surface area contributed by atoms with Crippen LogP contribution in [0.3, 0.4) is 0 Å². The molecule has 1 aromatic rings. The Bertz CT molecular complexity index is 569. The number of nitrogens with zero attached hydrogens (tertiary/aromatic N) is 2. The van der Waals surface area contributed by atoms with E-state index in [-0.39, 0.29) is 6.03 Å². The summed E-state index contributed by atoms with van der Waals surface area (Å²) in [5, 5.41) is 5.68. The van der Waals surface area contributed by atoms with E-state index >= 15 is 0 Å². The molecule has 1 aromatic carbocycles. The first kappa shape index (κ1) is 17.9. The van der Waals surface area contributed by atoms with Gasteiger partial charge in [-0.15, -0.1) is 0 Å². The zero-order chi connectivity index (χ0) is 17.5. The number of nitrogens with one attached hydrogen (secondary N) is 2. The molecule has 0 spiro atoms. The Balaban J connectivity index is 2.07. The molecule has 0 unspecified atom stereocenters. The van der Waals surface area contributed by atoms with Gasteiger partial charge in [-0.1, -0.05) is 13.8 Å². The highest BCUT2D eigenvalue weighted by molar-refractivity contribution is 5.91. The van der Waals surface area contributed by atoms with Gasteiger partial charge in [0.1, 0.15) is 5.75 Å². The standard InChI is InChI=1S/C17H26N4O3/c1-13(2)11-18-17(23)19-15-10-14(4-5-16(15)24-3)21-8-6-20(12-22)7-9-21/h4-5,10,12-13H,6-9,11H2,1-3H3,(H2,18,19,23). The van der Waals surface area contributed by atoms with Crippen LogP contribution in [-0.4, -0.2) is 57.2 Å². The molecule has 2 N–H and O–H groups in total. The van der Waals surface area contributed by atoms with E-state index < -0.39 is 0 Å². The van der Waals surface area contributed by atoms with Crippen molar-refractivity contribution in [3.05, 3.63) is 18.2 Å². The van der Waals surface area contributed by atoms with Gasteiger partial charge in [0.2, 0.25) is 6.41 Å². The van der Waals surface area contributed by atoms with Gasteiger partial charge in [0.05, 0.1) is 12.8 Å². The van der Waals surface area contributed by atoms with E-state index in [0.29, 0.717) is 37.0 Å². The van der Waals surface area contributed by atoms with E-state index in [0.717, 1.165) is 25.2 Å². The number of anilines is 2. The molecule has 2 rings (SSSR count). The molecule has 0 radical (unpaired) electrons. The van der Waals surface area contributed by atoms with Gasteiger partial charge in [-0.3, -0.25) is 4.79 Å². The number of amides is 3. The van der Waals surface area contributed by atoms with E-state index in [9.17, 15) is 9.59 Å². The molecule has 0 aromatic heterocycles. The van der Waals surface area contributed by atoms with E-state index in [1.807, 2.05) is 32.0 Å². The van der Waals surface area contributed by atoms with Crippen molar-refractivity contribution in [3.8, 4) is 5.75 Å². The fourth-order valence-corrected chi connectivity index (χ4v) is 2.54. The lowest BCUT2D eigenvalue weighted by atomic mass is 10.2. The summed E-state index contributed by atoms with van der Waals surface area (Å²) < 4.78 is 5.33. The molecule has 1 heterocycles. The summed E-state index contributed by atoms with van der Waals surface area (Å²) in [5.74, 6) is 1.00. The zero-order valence-electron chi connectivity index (χ0n) is 14.5. The van der Waals surface area contributed by atoms with Gasteiger partial charge in [0.15, 0.2) is 0 Å². The molecule has 0 atom stereocenters. The number of piperazine rings is 1. The number of ether oxygens (including phenoxy) is 1. The summed E-state index contributed by atoms with van der Waals surface area (Å²) in [6.07, 6.45) is 0.886. The highest BCUT2D eigenvalue weighted by atomic mass is 16.5. The third kappa shape index (κ3) is 4.78. The Morgan fingerprint density at radius 2 is 2.00 bits per heavy atom. The molecular weight excluding hydrogens is 308 g/mol. The van der Waals surface area contributed by atoms with Crippen LogP contribution >= 0.6 is 0 Å². The molecule has 0 saturated carbocycles. The van der Waals surface area contributed by atoms with Crippen LogP contribution in [0.4, 0.5) is 16.2 Å². The van der Waals surface area contributed by atoms with Crippen molar-refractivity contribution in [3.63, 3.8) is 0 Å². The SMILES string of the molecule is COc1ccc(N2CCN(C=O)CC2)cc1NC(=O)NCC(C)C. The molecule has 1 aliphatic rings. The van der Waals surface area contributed by atoms with Crippen molar-refractivity contribution in [2.24, 2.45) is 5.92 Å². The number of carbonyl (C=O) groups is 2. The minimum atomic E-state index is -0.245. The molecule has 7 heteroatoms. The van der Waals surface area contributed by atoms with Gasteiger partial charge in [0.25, 0.3) is 0 Å². The second-order valence-corrected chi connectivity index (χ2v) is 6.24. The quantitative estimate of drug-likeness (QED) is 0.778. The Morgan fingerprint density at radius 3 is 2.58 bits per heavy atom. The normalized spacial score (nSPS) is 14.5. The van der Waals surface area contributed by atoms with Crippen LogP contribution in [0.25, 0.3) is 0 Å². The average molecular weight is 334 g/mol. The highest BCUT2D eigenvalue weighted by Crippen LogP contribution is 2.30. The fraction of sp³-hybridized carbons (Fsp3) is 0.529. The Hall–Kier alpha value is -2.44. The van der Waals surface area contributed by atoms with Crippen LogP contribution in [0, 0.1) is 5.92 Å². The van der Waals surface area contributed by atoms with Crippen LogP contribution in [0.1, 0.15) is 13.8 Å². The molecular formula is C17H26N4O3. The van der Waals surface area contributed by atoms with Crippen molar-refractivity contribution in [2.45, 2.75) is 13.8 Å². The maximum atomic E-state index is 12.0. The first-order valence-corrected chi connectivity index (χ1v) is 8.20. The predicted molar refractivity (Wildman–Crippen MR) is 94.7 cm³/mol. The van der Waals surface area contributed by atoms with E-state index in [4.69, 9.17) is 4.74 Å². The molecule has 1 saturated heterocycles. The first-order chi connectivity index (χ1) is 11.5. The lowest BCUT2D eigenvalue weighted by Crippen LogP contribution is -2.45. The summed E-state index contributed by atoms with van der Waals surface area (Å²) >= 11 is 0. The molecule has 24 heavy (non-hydrogen) atoms. The molecule has 3 amide bonds. The lowest BCUT2D eigenvalue weighted by molar-refractivity contribution is -0.118. The summed E-state index contributed by atoms with van der Waals surface area (Å²) in [7, 11) is 1.58. The van der Waals surface area contributed by atoms with Gasteiger partial charge in [-0.25, -0.2) is 4.79 Å². The minimum absolute atomic E-state index is 0.245. The predicted octanol–water partition coefficient (Wildman–Crippen LogP) is 1.75. The summed E-state index contributed by atoms with van der Waals surface area (Å²) in [5.41, 5.74) is 1.63. The molecule has 1 aliphatic heterocycles. The van der Waals surface area contributed by atoms with Crippen molar-refractivity contribution in [2.75, 3.05) is 50.1 Å². The summed E-state index contributed by atoms with van der Waals surface area (Å²) in [4.78, 5) is 26.8. The third-order valence-corrected chi connectivity index (χ3v) is 3.93. The number of carbonyl (C=O) groups excluding carboxylic acids is 2. The van der Waals surface area contributed by atoms with Gasteiger partial charge >= 0.3 is 6.03 Å². The van der Waals surface area contributed by atoms with Crippen molar-refractivity contribution >= 4 is 23.8 Å². The zero-order valence-corrected chi connectivity index (χ0v) is 14.5. The highest BCUT2D eigenvalue weighted by Gasteiger charge is 2.17. The number of methoxy groups -OCH3 is 1. The first-order valence-electron chi connectivity index (χ1n) is 8.20. The van der Waals surface area contributed by atoms with Crippen LogP contribution in [-0.2, 0) is 4.79 Å². The summed E-state index contributed by atoms with van der Waals surface area (Å²) in [6, 6.07) is 5.47. The van der Waals surface area contributed by atoms with E-state index in [2.05, 4.69) is 15.5 Å². The number of benzene rings is 1. The van der Waals surface area contributed by atoms with Gasteiger partial charge < -0.3 is 25.2 Å². The van der Waals surface area contributed by atoms with Crippen LogP contribution in [0.5, 0.6) is 5.75 Å². The number of hydrogen-bond donors (Lipinski definition) is 2. The maximum absolute atomic E-state index is 12.0. The Morgan fingerprint density at radius 1 is 1.29 bits per heavy atom. The van der Waals surface area contributed by atoms with Gasteiger partial charge in [-0.2, -0.15) is 0 Å². The number of hydrogen-bond acceptors (Lipinski definition) is 4. The summed E-state index contributed by atoms with van der Waals surface area (Å²) in [6.45, 7) is 7.64. The maximum Gasteiger partial charge on any atom is 0.319 e. The topological polar surface area (TPSA) is 73.9 Å². The smallest absolute Gasteiger partial charge is 0.319 e. The van der Waals surface area contributed by atoms with Crippen molar-refractivity contribution in [1.82, 2.24) is 10.2 Å². The molecule has 0 aliphatic carbocycles. The lowest BCUT2D eigenvalue weighted by Gasteiger charge is -2.34. The number of rotatable bonds is 6. The van der Waals surface area contributed by atoms with E-state index in [1.165, 1.54) is 0 Å². The van der Waals surface area contributed by atoms with Crippen LogP contribution < -0.4 is 20.3 Å². The molecule has 132 valence electrons. The Kier molecular flexibility index (Phi) is 6.28. The van der Waals surface area contributed by atoms with Crippen molar-refractivity contribution < 1.29 is 14.3 Å². The monoisotopic (exact) mass is 334 g/mol. The third-order valence-electron chi connectivity index (χ3n) is 3.93. The van der Waals surface area contributed by atoms with Crippen LogP contribution in [0.15, 0.2) is 18.2 Å². The number of urea groups is 1. The fourth-order valence-electron chi connectivity index (χ4n) is 2.54. The minimum Gasteiger partial charge on any atom is -0.495 e.